The van der Waals surface area contributed by atoms with E-state index in [4.69, 9.17) is 21.3 Å². The smallest absolute Gasteiger partial charge is 0.125 e. The predicted octanol–water partition coefficient (Wildman–Crippen LogP) is 3.61. The van der Waals surface area contributed by atoms with E-state index < -0.39 is 0 Å². The molecule has 0 N–H and O–H groups in total. The van der Waals surface area contributed by atoms with Gasteiger partial charge in [0.25, 0.3) is 0 Å². The lowest BCUT2D eigenvalue weighted by Crippen LogP contribution is -2.37. The fraction of sp³-hybridized carbons (Fsp3) is 0.533. The highest BCUT2D eigenvalue weighted by Gasteiger charge is 2.41. The molecular weight excluding hydrogens is 260 g/mol. The maximum Gasteiger partial charge on any atom is 0.125 e. The third-order valence-corrected chi connectivity index (χ3v) is 4.68. The van der Waals surface area contributed by atoms with Crippen LogP contribution in [0, 0.1) is 6.92 Å². The second-order valence-electron chi connectivity index (χ2n) is 5.56. The van der Waals surface area contributed by atoms with Gasteiger partial charge in [0.1, 0.15) is 5.82 Å². The number of hydrogen-bond acceptors (Lipinski definition) is 2. The highest BCUT2D eigenvalue weighted by Crippen LogP contribution is 2.37. The van der Waals surface area contributed by atoms with E-state index in [9.17, 15) is 0 Å². The summed E-state index contributed by atoms with van der Waals surface area (Å²) >= 11 is 6.12. The maximum atomic E-state index is 6.12. The molecule has 1 aliphatic heterocycles. The Bertz CT molecular complexity index is 622. The molecule has 1 fully saturated rings. The first-order chi connectivity index (χ1) is 9.08. The van der Waals surface area contributed by atoms with Crippen LogP contribution in [0.3, 0.4) is 0 Å². The zero-order valence-corrected chi connectivity index (χ0v) is 12.4. The summed E-state index contributed by atoms with van der Waals surface area (Å²) < 4.78 is 8.07. The molecule has 0 amide bonds. The van der Waals surface area contributed by atoms with Crippen molar-refractivity contribution in [2.75, 3.05) is 6.61 Å². The molecule has 0 saturated carbocycles. The largest absolute Gasteiger partial charge is 0.376 e. The summed E-state index contributed by atoms with van der Waals surface area (Å²) in [6.45, 7) is 7.26. The molecule has 102 valence electrons. The van der Waals surface area contributed by atoms with Crippen molar-refractivity contribution in [3.8, 4) is 0 Å². The highest BCUT2D eigenvalue weighted by molar-refractivity contribution is 6.16. The predicted molar refractivity (Wildman–Crippen MR) is 77.7 cm³/mol. The van der Waals surface area contributed by atoms with Crippen LogP contribution in [0.5, 0.6) is 0 Å². The van der Waals surface area contributed by atoms with E-state index in [1.807, 2.05) is 0 Å². The molecule has 2 aromatic rings. The molecule has 1 aromatic heterocycles. The van der Waals surface area contributed by atoms with Crippen LogP contribution < -0.4 is 0 Å². The van der Waals surface area contributed by atoms with Gasteiger partial charge in [0.2, 0.25) is 0 Å². The van der Waals surface area contributed by atoms with Gasteiger partial charge in [0.15, 0.2) is 0 Å². The number of benzene rings is 1. The lowest BCUT2D eigenvalue weighted by Gasteiger charge is -2.31. The number of nitrogens with zero attached hydrogens (tertiary/aromatic N) is 2. The summed E-state index contributed by atoms with van der Waals surface area (Å²) in [5.41, 5.74) is 3.35. The summed E-state index contributed by atoms with van der Waals surface area (Å²) in [6.07, 6.45) is 1.17. The van der Waals surface area contributed by atoms with Crippen molar-refractivity contribution in [3.05, 3.63) is 29.6 Å². The third kappa shape index (κ3) is 1.79. The minimum absolute atomic E-state index is 0.0627. The van der Waals surface area contributed by atoms with Crippen LogP contribution in [0.1, 0.15) is 31.7 Å². The van der Waals surface area contributed by atoms with Crippen LogP contribution in [0.15, 0.2) is 18.2 Å². The fourth-order valence-corrected chi connectivity index (χ4v) is 3.25. The van der Waals surface area contributed by atoms with E-state index in [1.165, 1.54) is 5.56 Å². The average Bonchev–Trinajstić information content (AvgIpc) is 2.93. The van der Waals surface area contributed by atoms with Gasteiger partial charge in [-0.05, 0) is 38.8 Å². The molecule has 3 rings (SSSR count). The summed E-state index contributed by atoms with van der Waals surface area (Å²) in [6, 6.07) is 6.30. The summed E-state index contributed by atoms with van der Waals surface area (Å²) in [4.78, 5) is 4.73. The average molecular weight is 279 g/mol. The van der Waals surface area contributed by atoms with Crippen LogP contribution in [0.25, 0.3) is 11.0 Å². The first-order valence-electron chi connectivity index (χ1n) is 6.73. The van der Waals surface area contributed by atoms with Crippen LogP contribution in [0.4, 0.5) is 0 Å². The monoisotopic (exact) mass is 278 g/mol. The number of aromatic nitrogens is 2. The minimum Gasteiger partial charge on any atom is -0.376 e. The number of ether oxygens (including phenoxy) is 1. The summed E-state index contributed by atoms with van der Waals surface area (Å²) in [5, 5.41) is 0. The van der Waals surface area contributed by atoms with Crippen molar-refractivity contribution >= 4 is 22.6 Å². The van der Waals surface area contributed by atoms with Crippen LogP contribution in [-0.2, 0) is 16.2 Å². The molecule has 0 spiro atoms. The number of halogens is 1. The standard InChI is InChI=1S/C15H19ClN2O/c1-10-5-4-6-12-14(10)17-13(9-16)18(12)15(3)7-8-19-11(15)2/h4-6,11H,7-9H2,1-3H3. The number of aryl methyl sites for hydroxylation is 1. The molecule has 0 bridgehead atoms. The van der Waals surface area contributed by atoms with E-state index in [1.54, 1.807) is 0 Å². The lowest BCUT2D eigenvalue weighted by atomic mass is 9.93. The zero-order chi connectivity index (χ0) is 13.6. The van der Waals surface area contributed by atoms with E-state index in [-0.39, 0.29) is 11.6 Å². The third-order valence-electron chi connectivity index (χ3n) is 4.44. The Hall–Kier alpha value is -1.06. The molecule has 4 heteroatoms. The van der Waals surface area contributed by atoms with Crippen molar-refractivity contribution < 1.29 is 4.74 Å². The van der Waals surface area contributed by atoms with Gasteiger partial charge in [-0.15, -0.1) is 11.6 Å². The van der Waals surface area contributed by atoms with E-state index in [0.29, 0.717) is 5.88 Å². The second-order valence-corrected chi connectivity index (χ2v) is 5.83. The highest BCUT2D eigenvalue weighted by atomic mass is 35.5. The quantitative estimate of drug-likeness (QED) is 0.785. The minimum atomic E-state index is -0.0627. The lowest BCUT2D eigenvalue weighted by molar-refractivity contribution is 0.0766. The molecule has 1 aliphatic rings. The van der Waals surface area contributed by atoms with Gasteiger partial charge in [-0.2, -0.15) is 0 Å². The molecular formula is C15H19ClN2O. The molecule has 3 nitrogen and oxygen atoms in total. The Morgan fingerprint density at radius 2 is 2.32 bits per heavy atom. The van der Waals surface area contributed by atoms with Gasteiger partial charge in [-0.3, -0.25) is 0 Å². The molecule has 1 saturated heterocycles. The number of alkyl halides is 1. The van der Waals surface area contributed by atoms with E-state index in [0.717, 1.165) is 29.9 Å². The number of fused-ring (bicyclic) bond motifs is 1. The molecule has 1 aromatic carbocycles. The van der Waals surface area contributed by atoms with Crippen molar-refractivity contribution in [2.45, 2.75) is 44.7 Å². The molecule has 19 heavy (non-hydrogen) atoms. The molecule has 0 aliphatic carbocycles. The Kier molecular flexibility index (Phi) is 3.06. The van der Waals surface area contributed by atoms with Crippen molar-refractivity contribution in [1.29, 1.82) is 0 Å². The van der Waals surface area contributed by atoms with E-state index in [2.05, 4.69) is 43.5 Å². The van der Waals surface area contributed by atoms with E-state index >= 15 is 0 Å². The van der Waals surface area contributed by atoms with Crippen LogP contribution in [0.2, 0.25) is 0 Å². The zero-order valence-electron chi connectivity index (χ0n) is 11.6. The fourth-order valence-electron chi connectivity index (χ4n) is 3.07. The maximum absolute atomic E-state index is 6.12. The van der Waals surface area contributed by atoms with Crippen molar-refractivity contribution in [3.63, 3.8) is 0 Å². The summed E-state index contributed by atoms with van der Waals surface area (Å²) in [7, 11) is 0. The second kappa shape index (κ2) is 4.50. The Morgan fingerprint density at radius 3 is 2.95 bits per heavy atom. The molecule has 2 atom stereocenters. The first kappa shape index (κ1) is 12.9. The molecule has 2 unspecified atom stereocenters. The number of hydrogen-bond donors (Lipinski definition) is 0. The van der Waals surface area contributed by atoms with Gasteiger partial charge >= 0.3 is 0 Å². The van der Waals surface area contributed by atoms with Gasteiger partial charge < -0.3 is 9.30 Å². The van der Waals surface area contributed by atoms with Gasteiger partial charge in [-0.1, -0.05) is 12.1 Å². The van der Waals surface area contributed by atoms with Gasteiger partial charge in [0, 0.05) is 6.61 Å². The van der Waals surface area contributed by atoms with Crippen molar-refractivity contribution in [1.82, 2.24) is 9.55 Å². The molecule has 0 radical (unpaired) electrons. The SMILES string of the molecule is Cc1cccc2c1nc(CCl)n2C1(C)CCOC1C. The number of rotatable bonds is 2. The van der Waals surface area contributed by atoms with Gasteiger partial charge in [-0.25, -0.2) is 4.98 Å². The van der Waals surface area contributed by atoms with Crippen molar-refractivity contribution in [2.24, 2.45) is 0 Å². The van der Waals surface area contributed by atoms with Crippen LogP contribution in [-0.4, -0.2) is 22.3 Å². The Labute approximate surface area is 118 Å². The normalized spacial score (nSPS) is 27.3. The van der Waals surface area contributed by atoms with Crippen LogP contribution >= 0.6 is 11.6 Å². The number of imidazole rings is 1. The molecule has 2 heterocycles. The Balaban J connectivity index is 2.30. The van der Waals surface area contributed by atoms with Gasteiger partial charge in [0.05, 0.1) is 28.6 Å². The summed E-state index contributed by atoms with van der Waals surface area (Å²) in [5.74, 6) is 1.36. The topological polar surface area (TPSA) is 27.1 Å². The number of para-hydroxylation sites is 1. The first-order valence-corrected chi connectivity index (χ1v) is 7.26. The Morgan fingerprint density at radius 1 is 1.53 bits per heavy atom.